The van der Waals surface area contributed by atoms with Gasteiger partial charge in [-0.05, 0) is 44.5 Å². The Bertz CT molecular complexity index is 1080. The monoisotopic (exact) mass is 474 g/mol. The lowest BCUT2D eigenvalue weighted by atomic mass is 10.1. The molecule has 0 spiro atoms. The largest absolute Gasteiger partial charge is 0.369 e. The zero-order valence-corrected chi connectivity index (χ0v) is 18.2. The average molecular weight is 475 g/mol. The van der Waals surface area contributed by atoms with E-state index >= 15 is 0 Å². The maximum atomic E-state index is 15.0. The van der Waals surface area contributed by atoms with Crippen molar-refractivity contribution in [3.8, 4) is 0 Å². The van der Waals surface area contributed by atoms with Crippen LogP contribution in [0.1, 0.15) is 25.7 Å². The van der Waals surface area contributed by atoms with Crippen LogP contribution in [0.5, 0.6) is 0 Å². The minimum absolute atomic E-state index is 0.124. The second-order valence-corrected chi connectivity index (χ2v) is 9.77. The Hall–Kier alpha value is -2.04. The van der Waals surface area contributed by atoms with Gasteiger partial charge in [0, 0.05) is 25.2 Å². The number of anilines is 2. The predicted octanol–water partition coefficient (Wildman–Crippen LogP) is 4.02. The molecule has 2 fully saturated rings. The number of hydrogen-bond acceptors (Lipinski definition) is 5. The first-order valence-electron chi connectivity index (χ1n) is 10.1. The van der Waals surface area contributed by atoms with E-state index in [-0.39, 0.29) is 11.7 Å². The van der Waals surface area contributed by atoms with E-state index in [0.29, 0.717) is 13.1 Å². The van der Waals surface area contributed by atoms with Crippen LogP contribution in [0.2, 0.25) is 5.02 Å². The standard InChI is InChI=1S/C20H22ClF3N4O2S/c21-18-15(28-10-7-13(12-28)27-8-2-1-3-9-27)11-14(22)20(19(18)24)31(29,30)26-17-6-4-5-16(23)25-17/h4-6,11,13H,1-3,7-10,12H2,(H,25,26)/t13-/m1/s1. The summed E-state index contributed by atoms with van der Waals surface area (Å²) in [6.07, 6.45) is 4.33. The first-order valence-corrected chi connectivity index (χ1v) is 11.9. The lowest BCUT2D eigenvalue weighted by Gasteiger charge is -2.32. The number of nitrogens with zero attached hydrogens (tertiary/aromatic N) is 3. The number of piperidine rings is 1. The molecule has 0 aliphatic carbocycles. The number of hydrogen-bond donors (Lipinski definition) is 1. The van der Waals surface area contributed by atoms with Gasteiger partial charge < -0.3 is 4.90 Å². The molecule has 2 aliphatic heterocycles. The molecule has 3 heterocycles. The number of pyridine rings is 1. The Morgan fingerprint density at radius 2 is 1.84 bits per heavy atom. The highest BCUT2D eigenvalue weighted by Gasteiger charge is 2.34. The lowest BCUT2D eigenvalue weighted by molar-refractivity contribution is 0.175. The lowest BCUT2D eigenvalue weighted by Crippen LogP contribution is -2.40. The number of benzene rings is 1. The van der Waals surface area contributed by atoms with Gasteiger partial charge in [0.15, 0.2) is 10.7 Å². The summed E-state index contributed by atoms with van der Waals surface area (Å²) >= 11 is 6.15. The predicted molar refractivity (Wildman–Crippen MR) is 112 cm³/mol. The average Bonchev–Trinajstić information content (AvgIpc) is 3.21. The van der Waals surface area contributed by atoms with Crippen molar-refractivity contribution in [2.24, 2.45) is 0 Å². The van der Waals surface area contributed by atoms with Crippen LogP contribution < -0.4 is 9.62 Å². The highest BCUT2D eigenvalue weighted by Crippen LogP contribution is 2.37. The molecule has 0 saturated carbocycles. The minimum atomic E-state index is -4.72. The summed E-state index contributed by atoms with van der Waals surface area (Å²) < 4.78 is 70.1. The van der Waals surface area contributed by atoms with E-state index in [0.717, 1.165) is 50.6 Å². The summed E-state index contributed by atoms with van der Waals surface area (Å²) in [5.41, 5.74) is 0.124. The SMILES string of the molecule is O=S(=O)(Nc1cccc(F)n1)c1c(F)cc(N2CC[C@@H](N3CCCCC3)C2)c(Cl)c1F. The number of nitrogens with one attached hydrogen (secondary N) is 1. The summed E-state index contributed by atoms with van der Waals surface area (Å²) in [5.74, 6) is -4.00. The molecule has 1 aromatic heterocycles. The van der Waals surface area contributed by atoms with Crippen LogP contribution in [0.3, 0.4) is 0 Å². The molecule has 2 aliphatic rings. The number of likely N-dealkylation sites (tertiary alicyclic amines) is 1. The van der Waals surface area contributed by atoms with Gasteiger partial charge in [-0.3, -0.25) is 9.62 Å². The van der Waals surface area contributed by atoms with Crippen LogP contribution >= 0.6 is 11.6 Å². The molecule has 0 radical (unpaired) electrons. The van der Waals surface area contributed by atoms with E-state index in [1.807, 2.05) is 4.72 Å². The van der Waals surface area contributed by atoms with Crippen molar-refractivity contribution in [3.63, 3.8) is 0 Å². The quantitative estimate of drug-likeness (QED) is 0.524. The molecule has 0 amide bonds. The van der Waals surface area contributed by atoms with E-state index < -0.39 is 43.3 Å². The van der Waals surface area contributed by atoms with Crippen molar-refractivity contribution >= 4 is 33.1 Å². The zero-order chi connectivity index (χ0) is 22.2. The summed E-state index contributed by atoms with van der Waals surface area (Å²) in [7, 11) is -4.72. The van der Waals surface area contributed by atoms with E-state index in [2.05, 4.69) is 9.88 Å². The third-order valence-corrected chi connectivity index (χ3v) is 7.48. The van der Waals surface area contributed by atoms with Crippen molar-refractivity contribution < 1.29 is 21.6 Å². The Labute approximate surface area is 184 Å². The van der Waals surface area contributed by atoms with E-state index in [1.54, 1.807) is 4.90 Å². The fourth-order valence-corrected chi connectivity index (χ4v) is 5.71. The molecule has 1 aromatic carbocycles. The molecule has 1 atom stereocenters. The van der Waals surface area contributed by atoms with Crippen LogP contribution in [-0.2, 0) is 10.0 Å². The van der Waals surface area contributed by atoms with Crippen LogP contribution in [0, 0.1) is 17.6 Å². The highest BCUT2D eigenvalue weighted by atomic mass is 35.5. The highest BCUT2D eigenvalue weighted by molar-refractivity contribution is 7.92. The molecule has 168 valence electrons. The normalized spacial score (nSPS) is 20.3. The van der Waals surface area contributed by atoms with Crippen LogP contribution in [0.15, 0.2) is 29.2 Å². The maximum Gasteiger partial charge on any atom is 0.268 e. The molecule has 4 rings (SSSR count). The Balaban J connectivity index is 1.59. The van der Waals surface area contributed by atoms with Crippen LogP contribution in [-0.4, -0.2) is 50.5 Å². The molecular weight excluding hydrogens is 453 g/mol. The first-order chi connectivity index (χ1) is 14.8. The maximum absolute atomic E-state index is 15.0. The van der Waals surface area contributed by atoms with Crippen molar-refractivity contribution in [2.75, 3.05) is 35.8 Å². The Morgan fingerprint density at radius 1 is 1.10 bits per heavy atom. The molecule has 2 saturated heterocycles. The molecule has 1 N–H and O–H groups in total. The number of sulfonamides is 1. The second-order valence-electron chi connectivity index (χ2n) is 7.77. The van der Waals surface area contributed by atoms with Crippen molar-refractivity contribution in [3.05, 3.63) is 46.9 Å². The molecule has 31 heavy (non-hydrogen) atoms. The molecule has 11 heteroatoms. The van der Waals surface area contributed by atoms with Gasteiger partial charge >= 0.3 is 0 Å². The van der Waals surface area contributed by atoms with Gasteiger partial charge in [-0.1, -0.05) is 24.1 Å². The Morgan fingerprint density at radius 3 is 2.55 bits per heavy atom. The van der Waals surface area contributed by atoms with Crippen molar-refractivity contribution in [2.45, 2.75) is 36.6 Å². The fourth-order valence-electron chi connectivity index (χ4n) is 4.24. The molecule has 2 aromatic rings. The number of aromatic nitrogens is 1. The fraction of sp³-hybridized carbons (Fsp3) is 0.450. The minimum Gasteiger partial charge on any atom is -0.369 e. The smallest absolute Gasteiger partial charge is 0.268 e. The van der Waals surface area contributed by atoms with Gasteiger partial charge in [-0.2, -0.15) is 4.39 Å². The van der Waals surface area contributed by atoms with E-state index in [1.165, 1.54) is 12.5 Å². The summed E-state index contributed by atoms with van der Waals surface area (Å²) in [6.45, 7) is 3.14. The zero-order valence-electron chi connectivity index (χ0n) is 16.6. The van der Waals surface area contributed by atoms with Gasteiger partial charge in [0.1, 0.15) is 16.7 Å². The van der Waals surface area contributed by atoms with Gasteiger partial charge in [0.2, 0.25) is 5.95 Å². The van der Waals surface area contributed by atoms with Gasteiger partial charge in [0.25, 0.3) is 10.0 Å². The molecule has 6 nitrogen and oxygen atoms in total. The first kappa shape index (κ1) is 22.2. The third-order valence-electron chi connectivity index (χ3n) is 5.73. The van der Waals surface area contributed by atoms with E-state index in [9.17, 15) is 21.6 Å². The third kappa shape index (κ3) is 4.61. The van der Waals surface area contributed by atoms with Crippen LogP contribution in [0.4, 0.5) is 24.7 Å². The van der Waals surface area contributed by atoms with Crippen LogP contribution in [0.25, 0.3) is 0 Å². The van der Waals surface area contributed by atoms with Gasteiger partial charge in [0.05, 0.1) is 5.69 Å². The number of rotatable bonds is 5. The molecule has 0 unspecified atom stereocenters. The summed E-state index contributed by atoms with van der Waals surface area (Å²) in [4.78, 5) is 6.30. The summed E-state index contributed by atoms with van der Waals surface area (Å²) in [5, 5.41) is -0.465. The number of halogens is 4. The second kappa shape index (κ2) is 8.84. The van der Waals surface area contributed by atoms with Gasteiger partial charge in [-0.25, -0.2) is 22.2 Å². The van der Waals surface area contributed by atoms with Gasteiger partial charge in [-0.15, -0.1) is 0 Å². The molecular formula is C20H22ClF3N4O2S. The topological polar surface area (TPSA) is 65.5 Å². The van der Waals surface area contributed by atoms with E-state index in [4.69, 9.17) is 11.6 Å². The Kier molecular flexibility index (Phi) is 6.32. The summed E-state index contributed by atoms with van der Waals surface area (Å²) in [6, 6.07) is 4.61. The van der Waals surface area contributed by atoms with Crippen molar-refractivity contribution in [1.82, 2.24) is 9.88 Å². The molecule has 0 bridgehead atoms. The van der Waals surface area contributed by atoms with Crippen molar-refractivity contribution in [1.29, 1.82) is 0 Å².